The highest BCUT2D eigenvalue weighted by atomic mass is 19.1. The van der Waals surface area contributed by atoms with E-state index in [0.717, 1.165) is 25.1 Å². The number of rotatable bonds is 4. The van der Waals surface area contributed by atoms with Crippen molar-refractivity contribution in [3.8, 4) is 0 Å². The molecule has 1 aromatic heterocycles. The minimum Gasteiger partial charge on any atom is -0.449 e. The lowest BCUT2D eigenvalue weighted by molar-refractivity contribution is 0.0930. The van der Waals surface area contributed by atoms with E-state index in [1.54, 1.807) is 23.2 Å². The van der Waals surface area contributed by atoms with Crippen LogP contribution in [0.2, 0.25) is 0 Å². The second kappa shape index (κ2) is 8.45. The molecule has 5 nitrogen and oxygen atoms in total. The predicted octanol–water partition coefficient (Wildman–Crippen LogP) is 3.67. The number of pyridine rings is 1. The molecular formula is C20H26FN3O2. The van der Waals surface area contributed by atoms with E-state index in [2.05, 4.69) is 9.88 Å². The van der Waals surface area contributed by atoms with E-state index in [1.807, 2.05) is 19.9 Å². The molecule has 1 aliphatic rings. The van der Waals surface area contributed by atoms with Crippen molar-refractivity contribution in [3.05, 3.63) is 41.8 Å². The predicted molar refractivity (Wildman–Crippen MR) is 99.4 cm³/mol. The molecule has 26 heavy (non-hydrogen) atoms. The molecule has 6 heteroatoms. The molecule has 3 rings (SSSR count). The zero-order chi connectivity index (χ0) is 18.5. The Morgan fingerprint density at radius 3 is 2.88 bits per heavy atom. The van der Waals surface area contributed by atoms with E-state index < -0.39 is 0 Å². The van der Waals surface area contributed by atoms with Crippen molar-refractivity contribution in [1.29, 1.82) is 0 Å². The molecule has 0 saturated carbocycles. The fraction of sp³-hybridized carbons (Fsp3) is 0.500. The minimum atomic E-state index is -0.244. The number of aromatic nitrogens is 1. The van der Waals surface area contributed by atoms with Crippen LogP contribution in [-0.2, 0) is 11.3 Å². The van der Waals surface area contributed by atoms with Gasteiger partial charge in [0.1, 0.15) is 5.82 Å². The second-order valence-corrected chi connectivity index (χ2v) is 7.19. The van der Waals surface area contributed by atoms with Crippen LogP contribution in [0.4, 0.5) is 9.18 Å². The molecule has 1 aromatic carbocycles. The number of carbonyl (C=O) groups excluding carboxylic acids is 1. The maximum absolute atomic E-state index is 14.0. The van der Waals surface area contributed by atoms with Gasteiger partial charge in [0.2, 0.25) is 0 Å². The second-order valence-electron chi connectivity index (χ2n) is 7.19. The summed E-state index contributed by atoms with van der Waals surface area (Å²) in [6, 6.07) is 6.83. The Balaban J connectivity index is 1.64. The number of amides is 1. The Labute approximate surface area is 153 Å². The SMILES string of the molecule is CC(C)COC(=O)N1CCCN(Cc2ccc(F)c3cccnc23)CC1. The first-order chi connectivity index (χ1) is 12.5. The molecule has 2 heterocycles. The number of fused-ring (bicyclic) bond motifs is 1. The van der Waals surface area contributed by atoms with E-state index in [1.165, 1.54) is 6.07 Å². The zero-order valence-electron chi connectivity index (χ0n) is 15.4. The monoisotopic (exact) mass is 359 g/mol. The number of benzene rings is 1. The Bertz CT molecular complexity index is 766. The third-order valence-electron chi connectivity index (χ3n) is 4.58. The molecule has 0 radical (unpaired) electrons. The van der Waals surface area contributed by atoms with Crippen molar-refractivity contribution >= 4 is 17.0 Å². The first kappa shape index (κ1) is 18.6. The van der Waals surface area contributed by atoms with Crippen LogP contribution in [-0.4, -0.2) is 53.7 Å². The van der Waals surface area contributed by atoms with E-state index >= 15 is 0 Å². The minimum absolute atomic E-state index is 0.227. The molecule has 1 saturated heterocycles. The van der Waals surface area contributed by atoms with Gasteiger partial charge >= 0.3 is 6.09 Å². The van der Waals surface area contributed by atoms with E-state index in [4.69, 9.17) is 4.74 Å². The van der Waals surface area contributed by atoms with Crippen molar-refractivity contribution in [2.75, 3.05) is 32.8 Å². The largest absolute Gasteiger partial charge is 0.449 e. The average molecular weight is 359 g/mol. The maximum atomic E-state index is 14.0. The van der Waals surface area contributed by atoms with Crippen LogP contribution in [0, 0.1) is 11.7 Å². The molecule has 0 N–H and O–H groups in total. The summed E-state index contributed by atoms with van der Waals surface area (Å²) in [7, 11) is 0. The van der Waals surface area contributed by atoms with Crippen LogP contribution in [0.5, 0.6) is 0 Å². The average Bonchev–Trinajstić information content (AvgIpc) is 2.88. The van der Waals surface area contributed by atoms with Gasteiger partial charge in [0, 0.05) is 44.3 Å². The Morgan fingerprint density at radius 2 is 2.08 bits per heavy atom. The Hall–Kier alpha value is -2.21. The summed E-state index contributed by atoms with van der Waals surface area (Å²) in [5.74, 6) is 0.0912. The Kier molecular flexibility index (Phi) is 6.04. The molecule has 1 amide bonds. The van der Waals surface area contributed by atoms with Crippen molar-refractivity contribution in [1.82, 2.24) is 14.8 Å². The summed E-state index contributed by atoms with van der Waals surface area (Å²) >= 11 is 0. The lowest BCUT2D eigenvalue weighted by atomic mass is 10.1. The number of carbonyl (C=O) groups is 1. The molecule has 140 valence electrons. The number of halogens is 1. The van der Waals surface area contributed by atoms with Gasteiger partial charge in [-0.15, -0.1) is 0 Å². The number of ether oxygens (including phenoxy) is 1. The first-order valence-electron chi connectivity index (χ1n) is 9.20. The van der Waals surface area contributed by atoms with Crippen LogP contribution in [0.15, 0.2) is 30.5 Å². The van der Waals surface area contributed by atoms with Gasteiger partial charge in [0.05, 0.1) is 12.1 Å². The summed E-state index contributed by atoms with van der Waals surface area (Å²) in [6.07, 6.45) is 2.36. The van der Waals surface area contributed by atoms with Crippen LogP contribution in [0.1, 0.15) is 25.8 Å². The van der Waals surface area contributed by atoms with Crippen molar-refractivity contribution in [2.24, 2.45) is 5.92 Å². The number of nitrogens with zero attached hydrogens (tertiary/aromatic N) is 3. The van der Waals surface area contributed by atoms with Gasteiger partial charge < -0.3 is 9.64 Å². The third-order valence-corrected chi connectivity index (χ3v) is 4.58. The molecule has 0 bridgehead atoms. The van der Waals surface area contributed by atoms with Crippen LogP contribution in [0.3, 0.4) is 0 Å². The third kappa shape index (κ3) is 4.49. The first-order valence-corrected chi connectivity index (χ1v) is 9.20. The van der Waals surface area contributed by atoms with Gasteiger partial charge in [-0.05, 0) is 36.1 Å². The summed E-state index contributed by atoms with van der Waals surface area (Å²) in [5, 5.41) is 0.554. The topological polar surface area (TPSA) is 45.7 Å². The quantitative estimate of drug-likeness (QED) is 0.835. The lowest BCUT2D eigenvalue weighted by Crippen LogP contribution is -2.36. The highest BCUT2D eigenvalue weighted by Gasteiger charge is 2.21. The van der Waals surface area contributed by atoms with Crippen molar-refractivity contribution < 1.29 is 13.9 Å². The van der Waals surface area contributed by atoms with Gasteiger partial charge in [-0.25, -0.2) is 9.18 Å². The number of hydrogen-bond donors (Lipinski definition) is 0. The van der Waals surface area contributed by atoms with Gasteiger partial charge in [0.25, 0.3) is 0 Å². The summed E-state index contributed by atoms with van der Waals surface area (Å²) in [4.78, 5) is 20.6. The normalized spacial score (nSPS) is 16.1. The number of hydrogen-bond acceptors (Lipinski definition) is 4. The van der Waals surface area contributed by atoms with E-state index in [9.17, 15) is 9.18 Å². The highest BCUT2D eigenvalue weighted by Crippen LogP contribution is 2.21. The van der Waals surface area contributed by atoms with E-state index in [0.29, 0.717) is 43.1 Å². The highest BCUT2D eigenvalue weighted by molar-refractivity contribution is 5.82. The molecular weight excluding hydrogens is 333 g/mol. The fourth-order valence-corrected chi connectivity index (χ4v) is 3.21. The zero-order valence-corrected chi connectivity index (χ0v) is 15.4. The molecule has 1 fully saturated rings. The standard InChI is InChI=1S/C20H26FN3O2/c1-15(2)14-26-20(25)24-10-4-9-23(11-12-24)13-16-6-7-18(21)17-5-3-8-22-19(16)17/h3,5-8,15H,4,9-14H2,1-2H3. The summed E-state index contributed by atoms with van der Waals surface area (Å²) < 4.78 is 19.3. The smallest absolute Gasteiger partial charge is 0.409 e. The van der Waals surface area contributed by atoms with Gasteiger partial charge in [-0.2, -0.15) is 0 Å². The summed E-state index contributed by atoms with van der Waals surface area (Å²) in [5.41, 5.74) is 1.72. The van der Waals surface area contributed by atoms with Crippen molar-refractivity contribution in [2.45, 2.75) is 26.8 Å². The molecule has 0 atom stereocenters. The molecule has 0 aliphatic carbocycles. The van der Waals surface area contributed by atoms with Crippen molar-refractivity contribution in [3.63, 3.8) is 0 Å². The van der Waals surface area contributed by atoms with Crippen LogP contribution < -0.4 is 0 Å². The van der Waals surface area contributed by atoms with Gasteiger partial charge in [-0.1, -0.05) is 19.9 Å². The Morgan fingerprint density at radius 1 is 1.23 bits per heavy atom. The van der Waals surface area contributed by atoms with Gasteiger partial charge in [0.15, 0.2) is 0 Å². The maximum Gasteiger partial charge on any atom is 0.409 e. The lowest BCUT2D eigenvalue weighted by Gasteiger charge is -2.22. The van der Waals surface area contributed by atoms with Crippen LogP contribution >= 0.6 is 0 Å². The fourth-order valence-electron chi connectivity index (χ4n) is 3.21. The molecule has 0 unspecified atom stereocenters. The molecule has 2 aromatic rings. The molecule has 1 aliphatic heterocycles. The van der Waals surface area contributed by atoms with E-state index in [-0.39, 0.29) is 11.9 Å². The summed E-state index contributed by atoms with van der Waals surface area (Å²) in [6.45, 7) is 8.20. The van der Waals surface area contributed by atoms with Crippen LogP contribution in [0.25, 0.3) is 10.9 Å². The van der Waals surface area contributed by atoms with Gasteiger partial charge in [-0.3, -0.25) is 9.88 Å². The molecule has 0 spiro atoms.